The molecule has 1 heterocycles. The highest BCUT2D eigenvalue weighted by atomic mass is 35.5. The Morgan fingerprint density at radius 1 is 1.60 bits per heavy atom. The van der Waals surface area contributed by atoms with E-state index in [1.165, 1.54) is 25.6 Å². The van der Waals surface area contributed by atoms with E-state index in [9.17, 15) is 0 Å². The van der Waals surface area contributed by atoms with Crippen LogP contribution in [0.1, 0.15) is 26.2 Å². The van der Waals surface area contributed by atoms with Gasteiger partial charge in [-0.05, 0) is 19.3 Å². The number of hydrogen-bond acceptors (Lipinski definition) is 4. The number of hydrogen-bond donors (Lipinski definition) is 2. The van der Waals surface area contributed by atoms with E-state index in [0.717, 1.165) is 5.92 Å². The van der Waals surface area contributed by atoms with Crippen LogP contribution in [0.3, 0.4) is 0 Å². The maximum atomic E-state index is 5.98. The van der Waals surface area contributed by atoms with Gasteiger partial charge in [-0.15, -0.1) is 0 Å². The zero-order chi connectivity index (χ0) is 10.8. The fourth-order valence-corrected chi connectivity index (χ4v) is 1.78. The Labute approximate surface area is 94.2 Å². The molecule has 0 aromatic carbocycles. The summed E-state index contributed by atoms with van der Waals surface area (Å²) in [6, 6.07) is 0.379. The fraction of sp³-hybridized carbons (Fsp3) is 0.600. The minimum atomic E-state index is 0.327. The van der Waals surface area contributed by atoms with Gasteiger partial charge in [0, 0.05) is 6.04 Å². The molecule has 15 heavy (non-hydrogen) atoms. The molecule has 0 amide bonds. The normalized spacial score (nSPS) is 17.5. The molecule has 1 aromatic rings. The molecule has 1 aliphatic carbocycles. The Morgan fingerprint density at radius 3 is 3.00 bits per heavy atom. The summed E-state index contributed by atoms with van der Waals surface area (Å²) in [6.45, 7) is 2.13. The van der Waals surface area contributed by atoms with Crippen LogP contribution in [-0.4, -0.2) is 16.0 Å². The quantitative estimate of drug-likeness (QED) is 0.827. The topological polar surface area (TPSA) is 63.8 Å². The summed E-state index contributed by atoms with van der Waals surface area (Å²) in [5.41, 5.74) is 5.59. The van der Waals surface area contributed by atoms with Gasteiger partial charge in [-0.1, -0.05) is 24.4 Å². The van der Waals surface area contributed by atoms with Crippen molar-refractivity contribution in [2.75, 3.05) is 11.1 Å². The number of aromatic nitrogens is 2. The average molecular weight is 227 g/mol. The number of nitrogens with two attached hydrogens (primary N) is 1. The van der Waals surface area contributed by atoms with Gasteiger partial charge in [-0.25, -0.2) is 9.97 Å². The van der Waals surface area contributed by atoms with Gasteiger partial charge in [0.1, 0.15) is 17.2 Å². The first-order chi connectivity index (χ1) is 7.16. The molecule has 82 valence electrons. The molecule has 3 N–H and O–H groups in total. The molecule has 0 radical (unpaired) electrons. The van der Waals surface area contributed by atoms with Crippen LogP contribution in [0.5, 0.6) is 0 Å². The lowest BCUT2D eigenvalue weighted by Crippen LogP contribution is -2.17. The van der Waals surface area contributed by atoms with Crippen LogP contribution < -0.4 is 11.1 Å². The third-order valence-corrected chi connectivity index (χ3v) is 2.96. The maximum Gasteiger partial charge on any atom is 0.150 e. The zero-order valence-electron chi connectivity index (χ0n) is 8.70. The van der Waals surface area contributed by atoms with Crippen LogP contribution in [-0.2, 0) is 0 Å². The second-order valence-corrected chi connectivity index (χ2v) is 4.52. The Balaban J connectivity index is 1.99. The van der Waals surface area contributed by atoms with Gasteiger partial charge >= 0.3 is 0 Å². The summed E-state index contributed by atoms with van der Waals surface area (Å²) in [7, 11) is 0. The predicted molar refractivity (Wildman–Crippen MR) is 61.9 cm³/mol. The van der Waals surface area contributed by atoms with E-state index >= 15 is 0 Å². The molecule has 1 fully saturated rings. The molecule has 0 bridgehead atoms. The molecule has 1 aliphatic rings. The van der Waals surface area contributed by atoms with E-state index in [0.29, 0.717) is 22.7 Å². The van der Waals surface area contributed by atoms with Crippen molar-refractivity contribution in [3.05, 3.63) is 11.3 Å². The largest absolute Gasteiger partial charge is 0.382 e. The Bertz CT molecular complexity index is 351. The average Bonchev–Trinajstić information content (AvgIpc) is 2.97. The molecule has 5 heteroatoms. The number of rotatable bonds is 4. The summed E-state index contributed by atoms with van der Waals surface area (Å²) in [4.78, 5) is 7.89. The minimum absolute atomic E-state index is 0.327. The lowest BCUT2D eigenvalue weighted by Gasteiger charge is -2.15. The number of nitrogens with zero attached hydrogens (tertiary/aromatic N) is 2. The van der Waals surface area contributed by atoms with Gasteiger partial charge in [0.15, 0.2) is 5.82 Å². The van der Waals surface area contributed by atoms with E-state index in [4.69, 9.17) is 17.3 Å². The Morgan fingerprint density at radius 2 is 2.33 bits per heavy atom. The molecule has 1 unspecified atom stereocenters. The van der Waals surface area contributed by atoms with Crippen molar-refractivity contribution in [1.82, 2.24) is 9.97 Å². The summed E-state index contributed by atoms with van der Waals surface area (Å²) in [6.07, 6.45) is 5.30. The molecule has 1 atom stereocenters. The van der Waals surface area contributed by atoms with Crippen LogP contribution in [0.25, 0.3) is 0 Å². The highest BCUT2D eigenvalue weighted by Gasteiger charge is 2.24. The van der Waals surface area contributed by atoms with Crippen LogP contribution >= 0.6 is 11.6 Å². The molecular weight excluding hydrogens is 212 g/mol. The fourth-order valence-electron chi connectivity index (χ4n) is 1.63. The number of anilines is 2. The third-order valence-electron chi connectivity index (χ3n) is 2.58. The van der Waals surface area contributed by atoms with Gasteiger partial charge in [0.2, 0.25) is 0 Å². The standard InChI is InChI=1S/C10H15ClN4/c1-6(4-7-2-3-7)15-10-8(11)9(12)13-5-14-10/h5-7H,2-4H2,1H3,(H3,12,13,14,15). The van der Waals surface area contributed by atoms with Crippen molar-refractivity contribution in [2.24, 2.45) is 5.92 Å². The molecule has 4 nitrogen and oxygen atoms in total. The number of nitrogen functional groups attached to an aromatic ring is 1. The van der Waals surface area contributed by atoms with Crippen molar-refractivity contribution in [1.29, 1.82) is 0 Å². The van der Waals surface area contributed by atoms with Gasteiger partial charge in [-0.3, -0.25) is 0 Å². The van der Waals surface area contributed by atoms with Crippen LogP contribution in [0.4, 0.5) is 11.6 Å². The lowest BCUT2D eigenvalue weighted by atomic mass is 10.1. The molecular formula is C10H15ClN4. The second kappa shape index (κ2) is 4.23. The van der Waals surface area contributed by atoms with E-state index in [-0.39, 0.29) is 0 Å². The Kier molecular flexibility index (Phi) is 2.95. The van der Waals surface area contributed by atoms with Crippen LogP contribution in [0, 0.1) is 5.92 Å². The zero-order valence-corrected chi connectivity index (χ0v) is 9.46. The van der Waals surface area contributed by atoms with Crippen molar-refractivity contribution in [3.8, 4) is 0 Å². The molecule has 0 spiro atoms. The monoisotopic (exact) mass is 226 g/mol. The maximum absolute atomic E-state index is 5.98. The first-order valence-electron chi connectivity index (χ1n) is 5.19. The summed E-state index contributed by atoms with van der Waals surface area (Å²) in [5, 5.41) is 3.68. The first-order valence-corrected chi connectivity index (χ1v) is 5.57. The number of nitrogens with one attached hydrogen (secondary N) is 1. The van der Waals surface area contributed by atoms with Gasteiger partial charge in [-0.2, -0.15) is 0 Å². The van der Waals surface area contributed by atoms with Crippen molar-refractivity contribution in [2.45, 2.75) is 32.2 Å². The summed E-state index contributed by atoms with van der Waals surface area (Å²) >= 11 is 5.98. The van der Waals surface area contributed by atoms with E-state index in [2.05, 4.69) is 22.2 Å². The van der Waals surface area contributed by atoms with Crippen LogP contribution in [0.15, 0.2) is 6.33 Å². The van der Waals surface area contributed by atoms with Crippen molar-refractivity contribution >= 4 is 23.2 Å². The minimum Gasteiger partial charge on any atom is -0.382 e. The highest BCUT2D eigenvalue weighted by molar-refractivity contribution is 6.35. The summed E-state index contributed by atoms with van der Waals surface area (Å²) < 4.78 is 0. The van der Waals surface area contributed by atoms with Crippen molar-refractivity contribution < 1.29 is 0 Å². The number of halogens is 1. The SMILES string of the molecule is CC(CC1CC1)Nc1ncnc(N)c1Cl. The Hall–Kier alpha value is -1.03. The molecule has 1 aromatic heterocycles. The summed E-state index contributed by atoms with van der Waals surface area (Å²) in [5.74, 6) is 1.84. The molecule has 1 saturated carbocycles. The van der Waals surface area contributed by atoms with Gasteiger partial charge in [0.25, 0.3) is 0 Å². The van der Waals surface area contributed by atoms with Gasteiger partial charge in [0.05, 0.1) is 0 Å². The van der Waals surface area contributed by atoms with E-state index in [1.54, 1.807) is 0 Å². The molecule has 0 aliphatic heterocycles. The van der Waals surface area contributed by atoms with Crippen LogP contribution in [0.2, 0.25) is 5.02 Å². The highest BCUT2D eigenvalue weighted by Crippen LogP contribution is 2.34. The molecule has 2 rings (SSSR count). The first kappa shape index (κ1) is 10.5. The van der Waals surface area contributed by atoms with E-state index in [1.807, 2.05) is 0 Å². The van der Waals surface area contributed by atoms with Crippen molar-refractivity contribution in [3.63, 3.8) is 0 Å². The van der Waals surface area contributed by atoms with Gasteiger partial charge < -0.3 is 11.1 Å². The second-order valence-electron chi connectivity index (χ2n) is 4.15. The van der Waals surface area contributed by atoms with E-state index < -0.39 is 0 Å². The smallest absolute Gasteiger partial charge is 0.150 e. The third kappa shape index (κ3) is 2.72. The predicted octanol–water partition coefficient (Wildman–Crippen LogP) is 2.31. The lowest BCUT2D eigenvalue weighted by molar-refractivity contribution is 0.640. The molecule has 0 saturated heterocycles.